The molecule has 0 aliphatic heterocycles. The van der Waals surface area contributed by atoms with Gasteiger partial charge in [0.1, 0.15) is 5.82 Å². The molecular formula is C14H9F4NO2. The van der Waals surface area contributed by atoms with Gasteiger partial charge in [0, 0.05) is 29.9 Å². The van der Waals surface area contributed by atoms with Gasteiger partial charge in [-0.1, -0.05) is 0 Å². The van der Waals surface area contributed by atoms with Gasteiger partial charge in [0.05, 0.1) is 5.56 Å². The zero-order chi connectivity index (χ0) is 15.6. The number of carboxylic acid groups (broad SMARTS) is 1. The van der Waals surface area contributed by atoms with Crippen LogP contribution in [0.3, 0.4) is 0 Å². The van der Waals surface area contributed by atoms with E-state index in [2.05, 4.69) is 5.32 Å². The van der Waals surface area contributed by atoms with Crippen molar-refractivity contribution in [2.75, 3.05) is 5.32 Å². The van der Waals surface area contributed by atoms with Crippen LogP contribution in [0.25, 0.3) is 0 Å². The van der Waals surface area contributed by atoms with Crippen LogP contribution in [0.15, 0.2) is 30.3 Å². The van der Waals surface area contributed by atoms with Gasteiger partial charge in [-0.3, -0.25) is 0 Å². The lowest BCUT2D eigenvalue weighted by molar-refractivity contribution is 0.0696. The highest BCUT2D eigenvalue weighted by molar-refractivity contribution is 5.87. The molecule has 7 heteroatoms. The topological polar surface area (TPSA) is 49.3 Å². The van der Waals surface area contributed by atoms with Gasteiger partial charge in [0.15, 0.2) is 17.5 Å². The molecule has 0 saturated carbocycles. The van der Waals surface area contributed by atoms with Gasteiger partial charge in [-0.2, -0.15) is 0 Å². The van der Waals surface area contributed by atoms with E-state index >= 15 is 0 Å². The van der Waals surface area contributed by atoms with Crippen molar-refractivity contribution in [1.82, 2.24) is 0 Å². The van der Waals surface area contributed by atoms with Crippen LogP contribution in [0.5, 0.6) is 0 Å². The van der Waals surface area contributed by atoms with E-state index in [4.69, 9.17) is 5.11 Å². The Morgan fingerprint density at radius 2 is 1.62 bits per heavy atom. The number of nitrogens with one attached hydrogen (secondary N) is 1. The fraction of sp³-hybridized carbons (Fsp3) is 0.0714. The maximum atomic E-state index is 13.5. The summed E-state index contributed by atoms with van der Waals surface area (Å²) < 4.78 is 52.3. The van der Waals surface area contributed by atoms with E-state index in [0.29, 0.717) is 0 Å². The highest BCUT2D eigenvalue weighted by Crippen LogP contribution is 2.19. The Balaban J connectivity index is 2.20. The Kier molecular flexibility index (Phi) is 4.11. The Hall–Kier alpha value is -2.57. The van der Waals surface area contributed by atoms with Crippen molar-refractivity contribution in [2.24, 2.45) is 0 Å². The maximum Gasteiger partial charge on any atom is 0.335 e. The van der Waals surface area contributed by atoms with Crippen molar-refractivity contribution in [3.8, 4) is 0 Å². The van der Waals surface area contributed by atoms with Crippen LogP contribution in [-0.4, -0.2) is 11.1 Å². The van der Waals surface area contributed by atoms with Gasteiger partial charge in [-0.05, 0) is 18.2 Å². The second-order valence-corrected chi connectivity index (χ2v) is 4.22. The summed E-state index contributed by atoms with van der Waals surface area (Å²) in [6, 6.07) is 4.61. The normalized spacial score (nSPS) is 10.5. The summed E-state index contributed by atoms with van der Waals surface area (Å²) >= 11 is 0. The van der Waals surface area contributed by atoms with Crippen molar-refractivity contribution in [3.05, 3.63) is 64.7 Å². The smallest absolute Gasteiger partial charge is 0.335 e. The number of halogens is 4. The number of carbonyl (C=O) groups is 1. The van der Waals surface area contributed by atoms with Gasteiger partial charge >= 0.3 is 5.97 Å². The van der Waals surface area contributed by atoms with Crippen molar-refractivity contribution in [2.45, 2.75) is 6.54 Å². The van der Waals surface area contributed by atoms with E-state index in [-0.39, 0.29) is 23.4 Å². The minimum absolute atomic E-state index is 0.0000383. The van der Waals surface area contributed by atoms with Gasteiger partial charge in [-0.25, -0.2) is 22.4 Å². The van der Waals surface area contributed by atoms with E-state index < -0.39 is 29.2 Å². The highest BCUT2D eigenvalue weighted by atomic mass is 19.2. The molecule has 0 aliphatic rings. The Morgan fingerprint density at radius 1 is 1.00 bits per heavy atom. The van der Waals surface area contributed by atoms with E-state index in [1.807, 2.05) is 0 Å². The third-order valence-electron chi connectivity index (χ3n) is 2.76. The molecule has 2 rings (SSSR count). The third-order valence-corrected chi connectivity index (χ3v) is 2.76. The molecule has 0 atom stereocenters. The minimum atomic E-state index is -1.60. The number of hydrogen-bond acceptors (Lipinski definition) is 2. The van der Waals surface area contributed by atoms with Crippen molar-refractivity contribution in [3.63, 3.8) is 0 Å². The first kappa shape index (κ1) is 14.8. The molecule has 3 nitrogen and oxygen atoms in total. The minimum Gasteiger partial charge on any atom is -0.478 e. The van der Waals surface area contributed by atoms with Crippen LogP contribution < -0.4 is 5.32 Å². The Labute approximate surface area is 116 Å². The Morgan fingerprint density at radius 3 is 2.19 bits per heavy atom. The third kappa shape index (κ3) is 3.31. The molecule has 0 fully saturated rings. The molecule has 0 saturated heterocycles. The summed E-state index contributed by atoms with van der Waals surface area (Å²) in [7, 11) is 0. The van der Waals surface area contributed by atoms with Crippen LogP contribution in [-0.2, 0) is 6.54 Å². The number of hydrogen-bond donors (Lipinski definition) is 2. The second-order valence-electron chi connectivity index (χ2n) is 4.22. The van der Waals surface area contributed by atoms with Crippen LogP contribution in [0.4, 0.5) is 23.2 Å². The average molecular weight is 299 g/mol. The molecule has 0 heterocycles. The number of anilines is 1. The van der Waals surface area contributed by atoms with Crippen LogP contribution >= 0.6 is 0 Å². The molecule has 2 aromatic rings. The summed E-state index contributed by atoms with van der Waals surface area (Å²) in [5, 5.41) is 11.3. The van der Waals surface area contributed by atoms with E-state index in [1.165, 1.54) is 0 Å². The zero-order valence-electron chi connectivity index (χ0n) is 10.5. The summed E-state index contributed by atoms with van der Waals surface area (Å²) in [5.41, 5.74) is -0.212. The van der Waals surface area contributed by atoms with Crippen LogP contribution in [0.2, 0.25) is 0 Å². The summed E-state index contributed by atoms with van der Waals surface area (Å²) in [4.78, 5) is 10.8. The predicted molar refractivity (Wildman–Crippen MR) is 67.0 cm³/mol. The lowest BCUT2D eigenvalue weighted by Crippen LogP contribution is -2.06. The summed E-state index contributed by atoms with van der Waals surface area (Å²) in [6.45, 7) is -0.211. The SMILES string of the molecule is O=C(O)c1ccc(F)c(CNc2cc(F)c(F)c(F)c2)c1. The van der Waals surface area contributed by atoms with Crippen molar-refractivity contribution in [1.29, 1.82) is 0 Å². The quantitative estimate of drug-likeness (QED) is 0.670. The fourth-order valence-corrected chi connectivity index (χ4v) is 1.70. The second kappa shape index (κ2) is 5.82. The van der Waals surface area contributed by atoms with E-state index in [1.54, 1.807) is 0 Å². The number of rotatable bonds is 4. The standard InChI is InChI=1S/C14H9F4NO2/c15-10-2-1-7(14(20)21)3-8(10)6-19-9-4-11(16)13(18)12(17)5-9/h1-5,19H,6H2,(H,20,21). The molecule has 21 heavy (non-hydrogen) atoms. The molecule has 0 spiro atoms. The average Bonchev–Trinajstić information content (AvgIpc) is 2.43. The monoisotopic (exact) mass is 299 g/mol. The Bertz CT molecular complexity index is 680. The fourth-order valence-electron chi connectivity index (χ4n) is 1.70. The first-order chi connectivity index (χ1) is 9.88. The predicted octanol–water partition coefficient (Wildman–Crippen LogP) is 3.55. The summed E-state index contributed by atoms with van der Waals surface area (Å²) in [6.07, 6.45) is 0. The number of aromatic carboxylic acids is 1. The highest BCUT2D eigenvalue weighted by Gasteiger charge is 2.12. The zero-order valence-corrected chi connectivity index (χ0v) is 10.5. The largest absolute Gasteiger partial charge is 0.478 e. The summed E-state index contributed by atoms with van der Waals surface area (Å²) in [5.74, 6) is -6.25. The molecular weight excluding hydrogens is 290 g/mol. The molecule has 0 aliphatic carbocycles. The molecule has 0 bridgehead atoms. The van der Waals surface area contributed by atoms with Crippen molar-refractivity contribution < 1.29 is 27.5 Å². The molecule has 2 aromatic carbocycles. The molecule has 0 aromatic heterocycles. The molecule has 0 unspecified atom stereocenters. The first-order valence-electron chi connectivity index (χ1n) is 5.78. The van der Waals surface area contributed by atoms with E-state index in [0.717, 1.165) is 30.3 Å². The van der Waals surface area contributed by atoms with Crippen LogP contribution in [0.1, 0.15) is 15.9 Å². The lowest BCUT2D eigenvalue weighted by atomic mass is 10.1. The molecule has 0 amide bonds. The number of carboxylic acids is 1. The van der Waals surface area contributed by atoms with Gasteiger partial charge in [0.2, 0.25) is 0 Å². The van der Waals surface area contributed by atoms with Crippen molar-refractivity contribution >= 4 is 11.7 Å². The van der Waals surface area contributed by atoms with Gasteiger partial charge in [0.25, 0.3) is 0 Å². The molecule has 2 N–H and O–H groups in total. The van der Waals surface area contributed by atoms with Gasteiger partial charge in [-0.15, -0.1) is 0 Å². The van der Waals surface area contributed by atoms with E-state index in [9.17, 15) is 22.4 Å². The van der Waals surface area contributed by atoms with Gasteiger partial charge < -0.3 is 10.4 Å². The first-order valence-corrected chi connectivity index (χ1v) is 5.78. The molecule has 0 radical (unpaired) electrons. The van der Waals surface area contributed by atoms with Crippen LogP contribution in [0, 0.1) is 23.3 Å². The number of benzene rings is 2. The maximum absolute atomic E-state index is 13.5. The lowest BCUT2D eigenvalue weighted by Gasteiger charge is -2.09. The molecule has 110 valence electrons.